The standard InChI is InChI=1S/C31H37ClN2O4/c1-30(2,3)24-14-17-31(18-15-24)33-28(23-6-4-7-25(32)20-23)29(38)34(31)19-16-21-10-12-22(13-11-21)26(35)8-5-9-27(36)37/h4,6-7,10-13,20,24H,5,8-9,14-19H2,1-3H3,(H,36,37). The molecule has 2 aromatic carbocycles. The number of carboxylic acid groups (broad SMARTS) is 1. The largest absolute Gasteiger partial charge is 0.481 e. The molecule has 1 spiro atoms. The zero-order valence-corrected chi connectivity index (χ0v) is 23.3. The number of halogens is 1. The number of amides is 1. The van der Waals surface area contributed by atoms with E-state index in [1.54, 1.807) is 18.2 Å². The fourth-order valence-corrected chi connectivity index (χ4v) is 5.93. The highest BCUT2D eigenvalue weighted by Gasteiger charge is 2.49. The Morgan fingerprint density at radius 2 is 1.76 bits per heavy atom. The molecule has 0 atom stereocenters. The van der Waals surface area contributed by atoms with Crippen LogP contribution in [-0.4, -0.2) is 45.6 Å². The highest BCUT2D eigenvalue weighted by molar-refractivity contribution is 6.47. The number of aliphatic carboxylic acids is 1. The van der Waals surface area contributed by atoms with Gasteiger partial charge >= 0.3 is 5.97 Å². The summed E-state index contributed by atoms with van der Waals surface area (Å²) in [4.78, 5) is 43.9. The molecule has 0 aromatic heterocycles. The van der Waals surface area contributed by atoms with Gasteiger partial charge < -0.3 is 10.0 Å². The van der Waals surface area contributed by atoms with E-state index in [-0.39, 0.29) is 29.9 Å². The average molecular weight is 537 g/mol. The minimum atomic E-state index is -0.892. The van der Waals surface area contributed by atoms with E-state index in [9.17, 15) is 14.4 Å². The van der Waals surface area contributed by atoms with Crippen LogP contribution in [0, 0.1) is 11.3 Å². The summed E-state index contributed by atoms with van der Waals surface area (Å²) in [5.74, 6) is -0.402. The van der Waals surface area contributed by atoms with Crippen molar-refractivity contribution < 1.29 is 19.5 Å². The molecular formula is C31H37ClN2O4. The predicted octanol–water partition coefficient (Wildman–Crippen LogP) is 6.58. The summed E-state index contributed by atoms with van der Waals surface area (Å²) in [7, 11) is 0. The fourth-order valence-electron chi connectivity index (χ4n) is 5.74. The van der Waals surface area contributed by atoms with Crippen LogP contribution in [0.3, 0.4) is 0 Å². The third-order valence-corrected chi connectivity index (χ3v) is 8.31. The number of nitrogens with zero attached hydrogens (tertiary/aromatic N) is 2. The molecule has 4 rings (SSSR count). The zero-order valence-electron chi connectivity index (χ0n) is 22.5. The van der Waals surface area contributed by atoms with Gasteiger partial charge in [0, 0.05) is 35.5 Å². The van der Waals surface area contributed by atoms with Crippen molar-refractivity contribution >= 4 is 35.0 Å². The van der Waals surface area contributed by atoms with Gasteiger partial charge in [0.2, 0.25) is 0 Å². The normalized spacial score (nSPS) is 21.6. The molecule has 1 aliphatic carbocycles. The summed E-state index contributed by atoms with van der Waals surface area (Å²) in [6, 6.07) is 14.8. The van der Waals surface area contributed by atoms with Gasteiger partial charge in [-0.05, 0) is 67.6 Å². The van der Waals surface area contributed by atoms with E-state index in [1.807, 2.05) is 35.2 Å². The molecule has 202 valence electrons. The van der Waals surface area contributed by atoms with Gasteiger partial charge in [0.15, 0.2) is 5.78 Å². The lowest BCUT2D eigenvalue weighted by molar-refractivity contribution is -0.137. The quantitative estimate of drug-likeness (QED) is 0.366. The number of carbonyl (C=O) groups excluding carboxylic acids is 2. The van der Waals surface area contributed by atoms with Gasteiger partial charge in [-0.2, -0.15) is 0 Å². The van der Waals surface area contributed by atoms with Crippen molar-refractivity contribution in [1.82, 2.24) is 4.90 Å². The van der Waals surface area contributed by atoms with Gasteiger partial charge in [-0.25, -0.2) is 0 Å². The molecule has 0 bridgehead atoms. The van der Waals surface area contributed by atoms with Crippen molar-refractivity contribution in [2.24, 2.45) is 16.3 Å². The van der Waals surface area contributed by atoms with E-state index in [2.05, 4.69) is 20.8 Å². The van der Waals surface area contributed by atoms with Crippen LogP contribution in [-0.2, 0) is 16.0 Å². The SMILES string of the molecule is CC(C)(C)C1CCC2(CC1)N=C(c1cccc(Cl)c1)C(=O)N2CCc1ccc(C(=O)CCCC(=O)O)cc1. The molecule has 6 nitrogen and oxygen atoms in total. The first-order valence-corrected chi connectivity index (χ1v) is 13.9. The Bertz CT molecular complexity index is 1220. The van der Waals surface area contributed by atoms with Crippen LogP contribution in [0.2, 0.25) is 5.02 Å². The minimum absolute atomic E-state index is 0.00875. The highest BCUT2D eigenvalue weighted by Crippen LogP contribution is 2.46. The van der Waals surface area contributed by atoms with E-state index in [0.29, 0.717) is 41.6 Å². The van der Waals surface area contributed by atoms with Crippen molar-refractivity contribution in [2.45, 2.75) is 77.8 Å². The molecule has 1 N–H and O–H groups in total. The zero-order chi connectivity index (χ0) is 27.5. The maximum absolute atomic E-state index is 13.7. The van der Waals surface area contributed by atoms with Crippen LogP contribution in [0.5, 0.6) is 0 Å². The second kappa shape index (κ2) is 11.4. The van der Waals surface area contributed by atoms with Gasteiger partial charge in [0.05, 0.1) is 0 Å². The number of carbonyl (C=O) groups is 3. The van der Waals surface area contributed by atoms with Crippen molar-refractivity contribution in [1.29, 1.82) is 0 Å². The summed E-state index contributed by atoms with van der Waals surface area (Å²) >= 11 is 6.24. The molecule has 1 saturated carbocycles. The molecule has 38 heavy (non-hydrogen) atoms. The minimum Gasteiger partial charge on any atom is -0.481 e. The predicted molar refractivity (Wildman–Crippen MR) is 150 cm³/mol. The van der Waals surface area contributed by atoms with Crippen molar-refractivity contribution in [3.05, 3.63) is 70.2 Å². The molecule has 0 radical (unpaired) electrons. The Hall–Kier alpha value is -2.99. The first-order valence-electron chi connectivity index (χ1n) is 13.5. The number of benzene rings is 2. The van der Waals surface area contributed by atoms with Crippen LogP contribution < -0.4 is 0 Å². The van der Waals surface area contributed by atoms with Gasteiger partial charge in [0.1, 0.15) is 11.4 Å². The summed E-state index contributed by atoms with van der Waals surface area (Å²) < 4.78 is 0. The van der Waals surface area contributed by atoms with Crippen LogP contribution in [0.4, 0.5) is 0 Å². The van der Waals surface area contributed by atoms with Gasteiger partial charge in [-0.15, -0.1) is 0 Å². The van der Waals surface area contributed by atoms with E-state index < -0.39 is 11.6 Å². The van der Waals surface area contributed by atoms with Gasteiger partial charge in [0.25, 0.3) is 5.91 Å². The van der Waals surface area contributed by atoms with Crippen molar-refractivity contribution in [3.8, 4) is 0 Å². The number of ketones is 1. The summed E-state index contributed by atoms with van der Waals surface area (Å²) in [5, 5.41) is 9.36. The van der Waals surface area contributed by atoms with Crippen LogP contribution in [0.25, 0.3) is 0 Å². The molecular weight excluding hydrogens is 500 g/mol. The third-order valence-electron chi connectivity index (χ3n) is 8.07. The number of hydrogen-bond donors (Lipinski definition) is 1. The number of aliphatic imine (C=N–C) groups is 1. The van der Waals surface area contributed by atoms with E-state index in [1.165, 1.54) is 0 Å². The van der Waals surface area contributed by atoms with Gasteiger partial charge in [-0.1, -0.05) is 68.8 Å². The number of carboxylic acids is 1. The monoisotopic (exact) mass is 536 g/mol. The Labute approximate surface area is 230 Å². The molecule has 1 heterocycles. The maximum Gasteiger partial charge on any atom is 0.303 e. The first kappa shape index (κ1) is 28.0. The first-order chi connectivity index (χ1) is 18.0. The van der Waals surface area contributed by atoms with E-state index >= 15 is 0 Å². The molecule has 1 fully saturated rings. The number of Topliss-reactive ketones (excluding diaryl/α,β-unsaturated/α-hetero) is 1. The Kier molecular flexibility index (Phi) is 8.41. The van der Waals surface area contributed by atoms with Crippen LogP contribution in [0.1, 0.15) is 87.2 Å². The molecule has 0 unspecified atom stereocenters. The molecule has 1 amide bonds. The molecule has 1 aliphatic heterocycles. The number of rotatable bonds is 9. The maximum atomic E-state index is 13.7. The summed E-state index contributed by atoms with van der Waals surface area (Å²) in [5.41, 5.74) is 2.56. The second-order valence-electron chi connectivity index (χ2n) is 11.7. The second-order valence-corrected chi connectivity index (χ2v) is 12.1. The third kappa shape index (κ3) is 6.35. The highest BCUT2D eigenvalue weighted by atomic mass is 35.5. The van der Waals surface area contributed by atoms with E-state index in [4.69, 9.17) is 21.7 Å². The topological polar surface area (TPSA) is 87.0 Å². The van der Waals surface area contributed by atoms with Crippen LogP contribution in [0.15, 0.2) is 53.5 Å². The van der Waals surface area contributed by atoms with Crippen LogP contribution >= 0.6 is 11.6 Å². The lowest BCUT2D eigenvalue weighted by atomic mass is 9.69. The fraction of sp³-hybridized carbons (Fsp3) is 0.484. The lowest BCUT2D eigenvalue weighted by Crippen LogP contribution is -2.50. The Morgan fingerprint density at radius 3 is 2.37 bits per heavy atom. The molecule has 2 aliphatic rings. The summed E-state index contributed by atoms with van der Waals surface area (Å²) in [6.07, 6.45) is 4.93. The van der Waals surface area contributed by atoms with Gasteiger partial charge in [-0.3, -0.25) is 19.4 Å². The lowest BCUT2D eigenvalue weighted by Gasteiger charge is -2.45. The smallest absolute Gasteiger partial charge is 0.303 e. The average Bonchev–Trinajstić information content (AvgIpc) is 3.13. The molecule has 2 aromatic rings. The molecule has 7 heteroatoms. The summed E-state index contributed by atoms with van der Waals surface area (Å²) in [6.45, 7) is 7.40. The Balaban J connectivity index is 1.49. The van der Waals surface area contributed by atoms with Crippen molar-refractivity contribution in [3.63, 3.8) is 0 Å². The molecule has 0 saturated heterocycles. The Morgan fingerprint density at radius 1 is 1.08 bits per heavy atom. The van der Waals surface area contributed by atoms with Crippen molar-refractivity contribution in [2.75, 3.05) is 6.54 Å². The van der Waals surface area contributed by atoms with E-state index in [0.717, 1.165) is 36.8 Å². The number of hydrogen-bond acceptors (Lipinski definition) is 4.